The summed E-state index contributed by atoms with van der Waals surface area (Å²) < 4.78 is 0. The van der Waals surface area contributed by atoms with Gasteiger partial charge < -0.3 is 5.32 Å². The molecule has 11 heavy (non-hydrogen) atoms. The van der Waals surface area contributed by atoms with E-state index in [0.29, 0.717) is 6.42 Å². The van der Waals surface area contributed by atoms with Gasteiger partial charge in [-0.2, -0.15) is 0 Å². The average molecular weight is 156 g/mol. The van der Waals surface area contributed by atoms with Crippen molar-refractivity contribution in [2.75, 3.05) is 0 Å². The van der Waals surface area contributed by atoms with Crippen molar-refractivity contribution >= 4 is 11.9 Å². The molecule has 1 heterocycles. The Hall–Kier alpha value is -1.06. The molecule has 0 spiro atoms. The van der Waals surface area contributed by atoms with Gasteiger partial charge in [0, 0.05) is 12.5 Å². The quantitative estimate of drug-likeness (QED) is 0.607. The molecule has 1 fully saturated rings. The lowest BCUT2D eigenvalue weighted by Gasteiger charge is -2.22. The van der Waals surface area contributed by atoms with Crippen molar-refractivity contribution < 1.29 is 9.59 Å². The highest BCUT2D eigenvalue weighted by Crippen LogP contribution is 2.04. The van der Waals surface area contributed by atoms with Crippen molar-refractivity contribution in [2.24, 2.45) is 0 Å². The van der Waals surface area contributed by atoms with E-state index < -0.39 is 0 Å². The molecule has 62 valence electrons. The summed E-state index contributed by atoms with van der Waals surface area (Å²) in [5, 5.41) is 4.86. The molecule has 0 aromatic rings. The highest BCUT2D eigenvalue weighted by atomic mass is 16.2. The number of amides is 3. The number of hydrogen-bond acceptors (Lipinski definition) is 2. The van der Waals surface area contributed by atoms with Gasteiger partial charge in [-0.05, 0) is 6.42 Å². The summed E-state index contributed by atoms with van der Waals surface area (Å²) in [5.74, 6) is -0.174. The van der Waals surface area contributed by atoms with Gasteiger partial charge in [0.15, 0.2) is 0 Å². The van der Waals surface area contributed by atoms with E-state index >= 15 is 0 Å². The molecule has 4 heteroatoms. The Morgan fingerprint density at radius 3 is 2.82 bits per heavy atom. The van der Waals surface area contributed by atoms with Gasteiger partial charge in [-0.3, -0.25) is 10.1 Å². The van der Waals surface area contributed by atoms with Crippen LogP contribution in [0.25, 0.3) is 0 Å². The Kier molecular flexibility index (Phi) is 2.46. The van der Waals surface area contributed by atoms with Crippen molar-refractivity contribution in [1.29, 1.82) is 0 Å². The van der Waals surface area contributed by atoms with Crippen LogP contribution in [0.15, 0.2) is 0 Å². The van der Waals surface area contributed by atoms with Crippen LogP contribution in [0.5, 0.6) is 0 Å². The molecular weight excluding hydrogens is 144 g/mol. The monoisotopic (exact) mass is 156 g/mol. The van der Waals surface area contributed by atoms with Crippen molar-refractivity contribution in [2.45, 2.75) is 32.2 Å². The van der Waals surface area contributed by atoms with Crippen molar-refractivity contribution in [3.63, 3.8) is 0 Å². The first-order valence-corrected chi connectivity index (χ1v) is 3.82. The van der Waals surface area contributed by atoms with Crippen LogP contribution in [0.4, 0.5) is 4.79 Å². The largest absolute Gasteiger partial charge is 0.335 e. The summed E-state index contributed by atoms with van der Waals surface area (Å²) in [6.07, 6.45) is 2.27. The van der Waals surface area contributed by atoms with E-state index in [9.17, 15) is 9.59 Å². The molecule has 2 N–H and O–H groups in total. The maximum absolute atomic E-state index is 10.8. The van der Waals surface area contributed by atoms with E-state index in [1.54, 1.807) is 0 Å². The summed E-state index contributed by atoms with van der Waals surface area (Å²) in [7, 11) is 0. The number of nitrogens with one attached hydrogen (secondary N) is 2. The molecule has 1 saturated heterocycles. The maximum Gasteiger partial charge on any atom is 0.321 e. The molecule has 1 atom stereocenters. The summed E-state index contributed by atoms with van der Waals surface area (Å²) in [4.78, 5) is 21.5. The Bertz CT molecular complexity index is 163. The lowest BCUT2D eigenvalue weighted by molar-refractivity contribution is -0.121. The van der Waals surface area contributed by atoms with Crippen LogP contribution in [0.1, 0.15) is 26.2 Å². The zero-order valence-electron chi connectivity index (χ0n) is 6.52. The van der Waals surface area contributed by atoms with Gasteiger partial charge >= 0.3 is 6.03 Å². The molecule has 1 rings (SSSR count). The van der Waals surface area contributed by atoms with Crippen LogP contribution < -0.4 is 10.6 Å². The van der Waals surface area contributed by atoms with E-state index in [0.717, 1.165) is 12.8 Å². The maximum atomic E-state index is 10.8. The molecule has 0 aromatic carbocycles. The number of rotatable bonds is 2. The fourth-order valence-corrected chi connectivity index (χ4v) is 1.20. The van der Waals surface area contributed by atoms with Crippen LogP contribution in [-0.4, -0.2) is 18.0 Å². The lowest BCUT2D eigenvalue weighted by atomic mass is 10.1. The van der Waals surface area contributed by atoms with Crippen LogP contribution in [0.2, 0.25) is 0 Å². The molecule has 0 aliphatic carbocycles. The van der Waals surface area contributed by atoms with Crippen LogP contribution >= 0.6 is 0 Å². The zero-order chi connectivity index (χ0) is 8.27. The number of carbonyl (C=O) groups is 2. The minimum atomic E-state index is -0.361. The Balaban J connectivity index is 2.43. The van der Waals surface area contributed by atoms with Gasteiger partial charge in [-0.15, -0.1) is 0 Å². The predicted octanol–water partition coefficient (Wildman–Crippen LogP) is 0.385. The van der Waals surface area contributed by atoms with Gasteiger partial charge in [0.2, 0.25) is 5.91 Å². The highest BCUT2D eigenvalue weighted by Gasteiger charge is 2.22. The third kappa shape index (κ3) is 2.22. The second kappa shape index (κ2) is 3.37. The Morgan fingerprint density at radius 1 is 1.55 bits per heavy atom. The van der Waals surface area contributed by atoms with E-state index in [2.05, 4.69) is 10.6 Å². The molecule has 1 unspecified atom stereocenters. The first kappa shape index (κ1) is 8.04. The first-order valence-electron chi connectivity index (χ1n) is 3.82. The molecule has 0 saturated carbocycles. The molecule has 1 aliphatic rings. The van der Waals surface area contributed by atoms with Crippen molar-refractivity contribution in [1.82, 2.24) is 10.6 Å². The van der Waals surface area contributed by atoms with E-state index in [4.69, 9.17) is 0 Å². The lowest BCUT2D eigenvalue weighted by Crippen LogP contribution is -2.52. The molecule has 0 bridgehead atoms. The fraction of sp³-hybridized carbons (Fsp3) is 0.714. The first-order chi connectivity index (χ1) is 5.22. The van der Waals surface area contributed by atoms with Gasteiger partial charge in [-0.25, -0.2) is 4.79 Å². The SMILES string of the molecule is CCCC1CC(=O)NC(=O)N1. The van der Waals surface area contributed by atoms with E-state index in [1.165, 1.54) is 0 Å². The van der Waals surface area contributed by atoms with Crippen LogP contribution in [0, 0.1) is 0 Å². The second-order valence-electron chi connectivity index (χ2n) is 2.71. The summed E-state index contributed by atoms with van der Waals surface area (Å²) in [5.41, 5.74) is 0. The summed E-state index contributed by atoms with van der Waals surface area (Å²) in [6.45, 7) is 2.03. The van der Waals surface area contributed by atoms with Gasteiger partial charge in [0.1, 0.15) is 0 Å². The molecule has 1 aliphatic heterocycles. The molecule has 0 aromatic heterocycles. The number of urea groups is 1. The molecule has 4 nitrogen and oxygen atoms in total. The van der Waals surface area contributed by atoms with E-state index in [1.807, 2.05) is 6.92 Å². The summed E-state index contributed by atoms with van der Waals surface area (Å²) >= 11 is 0. The molecule has 0 radical (unpaired) electrons. The molecule has 3 amide bonds. The van der Waals surface area contributed by atoms with E-state index in [-0.39, 0.29) is 18.0 Å². The Morgan fingerprint density at radius 2 is 2.27 bits per heavy atom. The third-order valence-electron chi connectivity index (χ3n) is 1.66. The third-order valence-corrected chi connectivity index (χ3v) is 1.66. The van der Waals surface area contributed by atoms with Crippen LogP contribution in [0.3, 0.4) is 0 Å². The second-order valence-corrected chi connectivity index (χ2v) is 2.71. The number of hydrogen-bond donors (Lipinski definition) is 2. The highest BCUT2D eigenvalue weighted by molar-refractivity contribution is 5.97. The van der Waals surface area contributed by atoms with Crippen molar-refractivity contribution in [3.8, 4) is 0 Å². The van der Waals surface area contributed by atoms with Gasteiger partial charge in [0.25, 0.3) is 0 Å². The minimum Gasteiger partial charge on any atom is -0.335 e. The van der Waals surface area contributed by atoms with Gasteiger partial charge in [0.05, 0.1) is 0 Å². The Labute approximate surface area is 65.3 Å². The average Bonchev–Trinajstić information content (AvgIpc) is 1.85. The van der Waals surface area contributed by atoms with Gasteiger partial charge in [-0.1, -0.05) is 13.3 Å². The van der Waals surface area contributed by atoms with Crippen molar-refractivity contribution in [3.05, 3.63) is 0 Å². The fourth-order valence-electron chi connectivity index (χ4n) is 1.20. The summed E-state index contributed by atoms with van der Waals surface area (Å²) in [6, 6.07) is -0.319. The minimum absolute atomic E-state index is 0.0428. The zero-order valence-corrected chi connectivity index (χ0v) is 6.52. The molecular formula is C7H12N2O2. The standard InChI is InChI=1S/C7H12N2O2/c1-2-3-5-4-6(10)9-7(11)8-5/h5H,2-4H2,1H3,(H2,8,9,10,11). The predicted molar refractivity (Wildman–Crippen MR) is 40.0 cm³/mol. The van der Waals surface area contributed by atoms with Crippen LogP contribution in [-0.2, 0) is 4.79 Å². The topological polar surface area (TPSA) is 58.2 Å². The smallest absolute Gasteiger partial charge is 0.321 e. The number of imide groups is 1. The normalized spacial score (nSPS) is 24.3. The number of carbonyl (C=O) groups excluding carboxylic acids is 2.